The maximum absolute atomic E-state index is 11.8. The van der Waals surface area contributed by atoms with E-state index in [9.17, 15) is 9.59 Å². The Hall–Kier alpha value is -1.56. The highest BCUT2D eigenvalue weighted by molar-refractivity contribution is 9.10. The molecular formula is C13H16BrNO4. The zero-order valence-electron chi connectivity index (χ0n) is 11.1. The summed E-state index contributed by atoms with van der Waals surface area (Å²) in [5.74, 6) is -0.277. The highest BCUT2D eigenvalue weighted by Gasteiger charge is 2.17. The molecule has 5 nitrogen and oxygen atoms in total. The standard InChI is InChI=1S/C13H16BrNO4/c1-4-18-12-7-11(15-8(3)16)10(14)6-9(12)13(17)19-5-2/h6-7H,4-5H2,1-3H3,(H,15,16). The lowest BCUT2D eigenvalue weighted by molar-refractivity contribution is -0.114. The van der Waals surface area contributed by atoms with Crippen LogP contribution in [0.15, 0.2) is 16.6 Å². The molecule has 19 heavy (non-hydrogen) atoms. The summed E-state index contributed by atoms with van der Waals surface area (Å²) in [5.41, 5.74) is 0.869. The number of rotatable bonds is 5. The van der Waals surface area contributed by atoms with Gasteiger partial charge in [0.1, 0.15) is 11.3 Å². The van der Waals surface area contributed by atoms with Crippen molar-refractivity contribution in [3.63, 3.8) is 0 Å². The Morgan fingerprint density at radius 1 is 1.26 bits per heavy atom. The van der Waals surface area contributed by atoms with Crippen LogP contribution in [-0.4, -0.2) is 25.1 Å². The van der Waals surface area contributed by atoms with Crippen molar-refractivity contribution < 1.29 is 19.1 Å². The largest absolute Gasteiger partial charge is 0.493 e. The van der Waals surface area contributed by atoms with Gasteiger partial charge in [-0.2, -0.15) is 0 Å². The Morgan fingerprint density at radius 2 is 1.95 bits per heavy atom. The molecule has 0 fully saturated rings. The zero-order valence-corrected chi connectivity index (χ0v) is 12.7. The van der Waals surface area contributed by atoms with Crippen LogP contribution in [0.25, 0.3) is 0 Å². The number of amides is 1. The molecule has 0 atom stereocenters. The molecule has 1 rings (SSSR count). The quantitative estimate of drug-likeness (QED) is 0.843. The number of benzene rings is 1. The SMILES string of the molecule is CCOC(=O)c1cc(Br)c(NC(C)=O)cc1OCC. The number of hydrogen-bond acceptors (Lipinski definition) is 4. The molecule has 0 aliphatic carbocycles. The predicted molar refractivity (Wildman–Crippen MR) is 75.6 cm³/mol. The number of anilines is 1. The second kappa shape index (κ2) is 7.13. The maximum atomic E-state index is 11.8. The van der Waals surface area contributed by atoms with Gasteiger partial charge in [0.2, 0.25) is 5.91 Å². The van der Waals surface area contributed by atoms with E-state index in [0.717, 1.165) is 0 Å². The van der Waals surface area contributed by atoms with Gasteiger partial charge in [0.25, 0.3) is 0 Å². The molecule has 0 aliphatic heterocycles. The normalized spacial score (nSPS) is 9.89. The number of nitrogens with one attached hydrogen (secondary N) is 1. The first kappa shape index (κ1) is 15.5. The first-order valence-electron chi connectivity index (χ1n) is 5.90. The smallest absolute Gasteiger partial charge is 0.341 e. The maximum Gasteiger partial charge on any atom is 0.341 e. The Morgan fingerprint density at radius 3 is 2.47 bits per heavy atom. The molecule has 104 valence electrons. The van der Waals surface area contributed by atoms with E-state index in [-0.39, 0.29) is 12.5 Å². The molecule has 1 amide bonds. The van der Waals surface area contributed by atoms with Crippen LogP contribution in [0.5, 0.6) is 5.75 Å². The van der Waals surface area contributed by atoms with Gasteiger partial charge in [-0.3, -0.25) is 4.79 Å². The van der Waals surface area contributed by atoms with E-state index in [1.807, 2.05) is 6.92 Å². The van der Waals surface area contributed by atoms with Crippen molar-refractivity contribution in [2.45, 2.75) is 20.8 Å². The van der Waals surface area contributed by atoms with Crippen LogP contribution < -0.4 is 10.1 Å². The predicted octanol–water partition coefficient (Wildman–Crippen LogP) is 2.98. The third kappa shape index (κ3) is 4.24. The van der Waals surface area contributed by atoms with Crippen LogP contribution in [0.2, 0.25) is 0 Å². The van der Waals surface area contributed by atoms with Gasteiger partial charge in [0.15, 0.2) is 0 Å². The van der Waals surface area contributed by atoms with Crippen LogP contribution in [-0.2, 0) is 9.53 Å². The third-order valence-corrected chi connectivity index (χ3v) is 2.83. The summed E-state index contributed by atoms with van der Waals surface area (Å²) in [4.78, 5) is 22.9. The number of hydrogen-bond donors (Lipinski definition) is 1. The van der Waals surface area contributed by atoms with E-state index in [1.165, 1.54) is 6.92 Å². The average molecular weight is 330 g/mol. The first-order valence-corrected chi connectivity index (χ1v) is 6.69. The molecule has 0 heterocycles. The van der Waals surface area contributed by atoms with Crippen molar-refractivity contribution >= 4 is 33.5 Å². The fourth-order valence-electron chi connectivity index (χ4n) is 1.48. The molecule has 0 unspecified atom stereocenters. The number of esters is 1. The Bertz CT molecular complexity index is 488. The zero-order chi connectivity index (χ0) is 14.4. The van der Waals surface area contributed by atoms with Gasteiger partial charge in [-0.15, -0.1) is 0 Å². The lowest BCUT2D eigenvalue weighted by Gasteiger charge is -2.13. The van der Waals surface area contributed by atoms with Gasteiger partial charge in [0.05, 0.1) is 18.9 Å². The van der Waals surface area contributed by atoms with Gasteiger partial charge in [0, 0.05) is 17.5 Å². The Labute approximate surface area is 120 Å². The molecule has 6 heteroatoms. The van der Waals surface area contributed by atoms with Crippen LogP contribution in [0.1, 0.15) is 31.1 Å². The van der Waals surface area contributed by atoms with Crippen molar-refractivity contribution in [2.24, 2.45) is 0 Å². The van der Waals surface area contributed by atoms with E-state index in [2.05, 4.69) is 21.2 Å². The molecule has 0 bridgehead atoms. The summed E-state index contributed by atoms with van der Waals surface area (Å²) >= 11 is 3.30. The fourth-order valence-corrected chi connectivity index (χ4v) is 1.92. The topological polar surface area (TPSA) is 64.6 Å². The third-order valence-electron chi connectivity index (χ3n) is 2.18. The van der Waals surface area contributed by atoms with Crippen LogP contribution >= 0.6 is 15.9 Å². The second-order valence-electron chi connectivity index (χ2n) is 3.66. The molecule has 0 aromatic heterocycles. The highest BCUT2D eigenvalue weighted by Crippen LogP contribution is 2.32. The van der Waals surface area contributed by atoms with Gasteiger partial charge < -0.3 is 14.8 Å². The van der Waals surface area contributed by atoms with Gasteiger partial charge in [-0.1, -0.05) is 0 Å². The van der Waals surface area contributed by atoms with Crippen molar-refractivity contribution in [2.75, 3.05) is 18.5 Å². The molecule has 1 aromatic carbocycles. The van der Waals surface area contributed by atoms with Gasteiger partial charge in [-0.25, -0.2) is 4.79 Å². The van der Waals surface area contributed by atoms with E-state index in [1.54, 1.807) is 19.1 Å². The molecule has 1 aromatic rings. The fraction of sp³-hybridized carbons (Fsp3) is 0.385. The molecule has 0 saturated carbocycles. The molecule has 0 saturated heterocycles. The number of halogens is 1. The van der Waals surface area contributed by atoms with Crippen molar-refractivity contribution in [3.8, 4) is 5.75 Å². The molecule has 0 aliphatic rings. The van der Waals surface area contributed by atoms with E-state index in [4.69, 9.17) is 9.47 Å². The van der Waals surface area contributed by atoms with Gasteiger partial charge in [-0.05, 0) is 35.8 Å². The number of carbonyl (C=O) groups excluding carboxylic acids is 2. The summed E-state index contributed by atoms with van der Waals surface area (Å²) in [7, 11) is 0. The number of ether oxygens (including phenoxy) is 2. The number of carbonyl (C=O) groups is 2. The van der Waals surface area contributed by atoms with E-state index in [0.29, 0.717) is 28.1 Å². The monoisotopic (exact) mass is 329 g/mol. The van der Waals surface area contributed by atoms with E-state index < -0.39 is 5.97 Å². The summed E-state index contributed by atoms with van der Waals surface area (Å²) in [5, 5.41) is 2.65. The van der Waals surface area contributed by atoms with Crippen molar-refractivity contribution in [3.05, 3.63) is 22.2 Å². The van der Waals surface area contributed by atoms with Crippen LogP contribution in [0.4, 0.5) is 5.69 Å². The van der Waals surface area contributed by atoms with Gasteiger partial charge >= 0.3 is 5.97 Å². The summed E-state index contributed by atoms with van der Waals surface area (Å²) in [6.07, 6.45) is 0. The summed E-state index contributed by atoms with van der Waals surface area (Å²) in [6.45, 7) is 5.66. The average Bonchev–Trinajstić information content (AvgIpc) is 2.33. The highest BCUT2D eigenvalue weighted by atomic mass is 79.9. The molecule has 0 spiro atoms. The first-order chi connectivity index (χ1) is 8.99. The van der Waals surface area contributed by atoms with Crippen LogP contribution in [0.3, 0.4) is 0 Å². The van der Waals surface area contributed by atoms with Crippen LogP contribution in [0, 0.1) is 0 Å². The molecular weight excluding hydrogens is 314 g/mol. The van der Waals surface area contributed by atoms with Crippen molar-refractivity contribution in [1.29, 1.82) is 0 Å². The lowest BCUT2D eigenvalue weighted by Crippen LogP contribution is -2.11. The lowest BCUT2D eigenvalue weighted by atomic mass is 10.1. The molecule has 1 N–H and O–H groups in total. The van der Waals surface area contributed by atoms with Crippen molar-refractivity contribution in [1.82, 2.24) is 0 Å². The van der Waals surface area contributed by atoms with E-state index >= 15 is 0 Å². The Balaban J connectivity index is 3.20. The minimum atomic E-state index is -0.457. The molecule has 0 radical (unpaired) electrons. The minimum Gasteiger partial charge on any atom is -0.493 e. The minimum absolute atomic E-state index is 0.202. The Kier molecular flexibility index (Phi) is 5.82. The second-order valence-corrected chi connectivity index (χ2v) is 4.52. The summed E-state index contributed by atoms with van der Waals surface area (Å²) < 4.78 is 11.0. The summed E-state index contributed by atoms with van der Waals surface area (Å²) in [6, 6.07) is 3.18.